The fourth-order valence-electron chi connectivity index (χ4n) is 1.05. The van der Waals surface area contributed by atoms with E-state index in [0.29, 0.717) is 0 Å². The van der Waals surface area contributed by atoms with Crippen molar-refractivity contribution in [2.75, 3.05) is 26.4 Å². The lowest BCUT2D eigenvalue weighted by Gasteiger charge is -2.16. The van der Waals surface area contributed by atoms with Crippen molar-refractivity contribution in [1.29, 1.82) is 0 Å². The van der Waals surface area contributed by atoms with Crippen molar-refractivity contribution in [2.45, 2.75) is 13.8 Å². The Hall–Kier alpha value is -2.22. The molecule has 10 heteroatoms. The first-order valence-electron chi connectivity index (χ1n) is 7.01. The molecule has 0 saturated carbocycles. The van der Waals surface area contributed by atoms with Gasteiger partial charge in [0.05, 0.1) is 13.2 Å². The summed E-state index contributed by atoms with van der Waals surface area (Å²) in [6.45, 7) is 11.6. The van der Waals surface area contributed by atoms with Gasteiger partial charge in [-0.3, -0.25) is 9.05 Å². The molecule has 0 rings (SSSR count). The van der Waals surface area contributed by atoms with E-state index < -0.39 is 25.7 Å². The summed E-state index contributed by atoms with van der Waals surface area (Å²) >= 11 is 0. The van der Waals surface area contributed by atoms with E-state index in [-0.39, 0.29) is 37.6 Å². The molecule has 0 aromatic rings. The third-order valence-corrected chi connectivity index (χ3v) is 3.60. The summed E-state index contributed by atoms with van der Waals surface area (Å²) in [7, 11) is -4.31. The molecule has 0 N–H and O–H groups in total. The standard InChI is InChI=1S/C15H21O9P/c1-6-13(16)24-25(19,22-9-7-20-14(17)11(2)3)23-10-8-21-15(18)12(4)5/h6H,1-2,4,7-10H2,3,5H3. The van der Waals surface area contributed by atoms with Crippen molar-refractivity contribution in [3.8, 4) is 0 Å². The van der Waals surface area contributed by atoms with Gasteiger partial charge < -0.3 is 14.0 Å². The predicted molar refractivity (Wildman–Crippen MR) is 87.3 cm³/mol. The number of carbonyl (C=O) groups is 3. The molecular weight excluding hydrogens is 355 g/mol. The summed E-state index contributed by atoms with van der Waals surface area (Å²) < 4.78 is 36.0. The highest BCUT2D eigenvalue weighted by Crippen LogP contribution is 2.49. The highest BCUT2D eigenvalue weighted by Gasteiger charge is 2.30. The van der Waals surface area contributed by atoms with Gasteiger partial charge in [0, 0.05) is 17.2 Å². The van der Waals surface area contributed by atoms with E-state index in [1.165, 1.54) is 13.8 Å². The predicted octanol–water partition coefficient (Wildman–Crippen LogP) is 2.10. The number of phosphoric ester groups is 1. The summed E-state index contributed by atoms with van der Waals surface area (Å²) in [4.78, 5) is 33.6. The third kappa shape index (κ3) is 10.3. The first-order chi connectivity index (χ1) is 11.6. The summed E-state index contributed by atoms with van der Waals surface area (Å²) in [5.41, 5.74) is 0.355. The normalized spacial score (nSPS) is 10.5. The highest BCUT2D eigenvalue weighted by atomic mass is 31.2. The van der Waals surface area contributed by atoms with Crippen LogP contribution in [-0.4, -0.2) is 44.3 Å². The van der Waals surface area contributed by atoms with Crippen molar-refractivity contribution in [1.82, 2.24) is 0 Å². The number of esters is 2. The fraction of sp³-hybridized carbons (Fsp3) is 0.400. The van der Waals surface area contributed by atoms with Crippen LogP contribution in [-0.2, 0) is 42.0 Å². The molecule has 0 aromatic carbocycles. The zero-order valence-electron chi connectivity index (χ0n) is 14.1. The average Bonchev–Trinajstić information content (AvgIpc) is 2.54. The molecule has 0 aliphatic rings. The Bertz CT molecular complexity index is 556. The van der Waals surface area contributed by atoms with Crippen LogP contribution in [0, 0.1) is 0 Å². The van der Waals surface area contributed by atoms with Crippen LogP contribution in [0.5, 0.6) is 0 Å². The Morgan fingerprint density at radius 2 is 1.28 bits per heavy atom. The second kappa shape index (κ2) is 11.4. The van der Waals surface area contributed by atoms with Gasteiger partial charge in [0.15, 0.2) is 0 Å². The van der Waals surface area contributed by atoms with Gasteiger partial charge in [0.1, 0.15) is 13.2 Å². The Morgan fingerprint density at radius 1 is 0.880 bits per heavy atom. The zero-order chi connectivity index (χ0) is 19.5. The fourth-order valence-corrected chi connectivity index (χ4v) is 2.12. The summed E-state index contributed by atoms with van der Waals surface area (Å²) in [5.74, 6) is -2.36. The van der Waals surface area contributed by atoms with Crippen LogP contribution in [0.3, 0.4) is 0 Å². The highest BCUT2D eigenvalue weighted by molar-refractivity contribution is 7.49. The number of hydrogen-bond acceptors (Lipinski definition) is 9. The SMILES string of the molecule is C=CC(=O)OP(=O)(OCCOC(=O)C(=C)C)OCCOC(=O)C(=C)C. The second-order valence-corrected chi connectivity index (χ2v) is 6.15. The molecule has 9 nitrogen and oxygen atoms in total. The maximum absolute atomic E-state index is 12.3. The van der Waals surface area contributed by atoms with Crippen LogP contribution in [0.25, 0.3) is 0 Å². The summed E-state index contributed by atoms with van der Waals surface area (Å²) in [6, 6.07) is 0. The van der Waals surface area contributed by atoms with Crippen molar-refractivity contribution in [2.24, 2.45) is 0 Å². The van der Waals surface area contributed by atoms with E-state index in [0.717, 1.165) is 6.08 Å². The Balaban J connectivity index is 4.49. The number of phosphoric acid groups is 1. The monoisotopic (exact) mass is 376 g/mol. The molecule has 0 aromatic heterocycles. The number of hydrogen-bond donors (Lipinski definition) is 0. The lowest BCUT2D eigenvalue weighted by Crippen LogP contribution is -2.14. The average molecular weight is 376 g/mol. The first-order valence-corrected chi connectivity index (χ1v) is 8.47. The number of ether oxygens (including phenoxy) is 2. The van der Waals surface area contributed by atoms with Gasteiger partial charge in [0.25, 0.3) is 0 Å². The Kier molecular flexibility index (Phi) is 10.3. The number of rotatable bonds is 12. The van der Waals surface area contributed by atoms with Crippen molar-refractivity contribution < 1.29 is 42.0 Å². The third-order valence-electron chi connectivity index (χ3n) is 2.20. The quantitative estimate of drug-likeness (QED) is 0.218. The van der Waals surface area contributed by atoms with Crippen molar-refractivity contribution in [3.63, 3.8) is 0 Å². The molecule has 0 amide bonds. The van der Waals surface area contributed by atoms with E-state index in [1.54, 1.807) is 0 Å². The second-order valence-electron chi connectivity index (χ2n) is 4.56. The maximum atomic E-state index is 12.3. The minimum Gasteiger partial charge on any atom is -0.460 e. The molecule has 0 fully saturated rings. The van der Waals surface area contributed by atoms with Gasteiger partial charge in [-0.15, -0.1) is 0 Å². The molecule has 0 heterocycles. The maximum Gasteiger partial charge on any atom is 0.532 e. The molecule has 0 aliphatic carbocycles. The van der Waals surface area contributed by atoms with Gasteiger partial charge >= 0.3 is 25.7 Å². The van der Waals surface area contributed by atoms with E-state index in [2.05, 4.69) is 24.3 Å². The van der Waals surface area contributed by atoms with Crippen LogP contribution in [0.4, 0.5) is 0 Å². The van der Waals surface area contributed by atoms with Crippen LogP contribution in [0.15, 0.2) is 37.0 Å². The van der Waals surface area contributed by atoms with Crippen LogP contribution in [0.1, 0.15) is 13.8 Å². The molecule has 0 saturated heterocycles. The van der Waals surface area contributed by atoms with Gasteiger partial charge in [-0.05, 0) is 13.8 Å². The lowest BCUT2D eigenvalue weighted by atomic mass is 10.4. The van der Waals surface area contributed by atoms with Crippen molar-refractivity contribution >= 4 is 25.7 Å². The van der Waals surface area contributed by atoms with Gasteiger partial charge in [-0.25, -0.2) is 18.9 Å². The Labute approximate surface area is 145 Å². The molecule has 0 spiro atoms. The van der Waals surface area contributed by atoms with E-state index in [1.807, 2.05) is 0 Å². The topological polar surface area (TPSA) is 114 Å². The zero-order valence-corrected chi connectivity index (χ0v) is 15.0. The van der Waals surface area contributed by atoms with E-state index in [4.69, 9.17) is 18.5 Å². The van der Waals surface area contributed by atoms with Crippen LogP contribution >= 0.6 is 7.82 Å². The number of carbonyl (C=O) groups excluding carboxylic acids is 3. The molecule has 0 unspecified atom stereocenters. The molecule has 25 heavy (non-hydrogen) atoms. The first kappa shape index (κ1) is 22.8. The smallest absolute Gasteiger partial charge is 0.460 e. The Morgan fingerprint density at radius 3 is 1.60 bits per heavy atom. The van der Waals surface area contributed by atoms with E-state index >= 15 is 0 Å². The van der Waals surface area contributed by atoms with Gasteiger partial charge in [-0.1, -0.05) is 19.7 Å². The summed E-state index contributed by atoms with van der Waals surface area (Å²) in [6.07, 6.45) is 0.765. The molecule has 0 radical (unpaired) electrons. The molecular formula is C15H21O9P. The largest absolute Gasteiger partial charge is 0.532 e. The van der Waals surface area contributed by atoms with E-state index in [9.17, 15) is 18.9 Å². The molecule has 140 valence electrons. The van der Waals surface area contributed by atoms with Gasteiger partial charge in [0.2, 0.25) is 0 Å². The molecule has 0 bridgehead atoms. The summed E-state index contributed by atoms with van der Waals surface area (Å²) in [5, 5.41) is 0. The van der Waals surface area contributed by atoms with Crippen LogP contribution < -0.4 is 0 Å². The molecule has 0 atom stereocenters. The molecule has 0 aliphatic heterocycles. The van der Waals surface area contributed by atoms with Gasteiger partial charge in [-0.2, -0.15) is 0 Å². The lowest BCUT2D eigenvalue weighted by molar-refractivity contribution is -0.140. The minimum absolute atomic E-state index is 0.178. The van der Waals surface area contributed by atoms with Crippen LogP contribution in [0.2, 0.25) is 0 Å². The van der Waals surface area contributed by atoms with Crippen molar-refractivity contribution in [3.05, 3.63) is 37.0 Å². The minimum atomic E-state index is -4.31.